The number of amides is 1. The molecule has 1 atom stereocenters. The molecule has 0 radical (unpaired) electrons. The summed E-state index contributed by atoms with van der Waals surface area (Å²) in [4.78, 5) is 28.4. The van der Waals surface area contributed by atoms with Gasteiger partial charge in [0.25, 0.3) is 5.91 Å². The smallest absolute Gasteiger partial charge is 0.331 e. The maximum atomic E-state index is 15.7. The molecule has 0 aliphatic heterocycles. The third-order valence-electron chi connectivity index (χ3n) is 6.05. The summed E-state index contributed by atoms with van der Waals surface area (Å²) in [5.41, 5.74) is 1.76. The SMILES string of the molecule is CCCCOC(CCCC)c1cccc(-c2csc(NC(=O)c3cc(Cl)c(C=C(C)C(=O)O)c(Cl)c3)n2)c1F. The molecule has 1 heterocycles. The quantitative estimate of drug-likeness (QED) is 0.153. The summed E-state index contributed by atoms with van der Waals surface area (Å²) in [6.07, 6.45) is 5.57. The number of carbonyl (C=O) groups is 2. The molecule has 3 aromatic rings. The zero-order valence-electron chi connectivity index (χ0n) is 22.0. The highest BCUT2D eigenvalue weighted by molar-refractivity contribution is 7.14. The molecule has 1 aromatic heterocycles. The van der Waals surface area contributed by atoms with Crippen molar-refractivity contribution in [2.75, 3.05) is 11.9 Å². The van der Waals surface area contributed by atoms with Gasteiger partial charge in [-0.25, -0.2) is 14.2 Å². The number of nitrogens with zero attached hydrogens (tertiary/aromatic N) is 1. The molecule has 0 aliphatic carbocycles. The molecule has 0 bridgehead atoms. The number of hydrogen-bond acceptors (Lipinski definition) is 5. The minimum absolute atomic E-state index is 0.0480. The van der Waals surface area contributed by atoms with Crippen molar-refractivity contribution in [3.05, 3.63) is 73.8 Å². The molecule has 1 unspecified atom stereocenters. The van der Waals surface area contributed by atoms with Crippen LogP contribution in [0.15, 0.2) is 41.3 Å². The Balaban J connectivity index is 1.81. The third kappa shape index (κ3) is 8.11. The molecule has 39 heavy (non-hydrogen) atoms. The largest absolute Gasteiger partial charge is 0.478 e. The lowest BCUT2D eigenvalue weighted by molar-refractivity contribution is -0.132. The molecule has 0 spiro atoms. The van der Waals surface area contributed by atoms with Crippen LogP contribution in [0.1, 0.15) is 80.5 Å². The van der Waals surface area contributed by atoms with E-state index in [-0.39, 0.29) is 38.2 Å². The Hall–Kier alpha value is -2.78. The van der Waals surface area contributed by atoms with Crippen LogP contribution in [0.2, 0.25) is 10.0 Å². The fraction of sp³-hybridized carbons (Fsp3) is 0.345. The van der Waals surface area contributed by atoms with E-state index in [1.54, 1.807) is 23.6 Å². The number of hydrogen-bond donors (Lipinski definition) is 2. The van der Waals surface area contributed by atoms with Crippen molar-refractivity contribution in [2.24, 2.45) is 0 Å². The number of carboxylic acids is 1. The van der Waals surface area contributed by atoms with Gasteiger partial charge in [-0.15, -0.1) is 11.3 Å². The molecule has 0 saturated carbocycles. The number of unbranched alkanes of at least 4 members (excludes halogenated alkanes) is 2. The molecule has 2 N–H and O–H groups in total. The van der Waals surface area contributed by atoms with E-state index in [9.17, 15) is 9.59 Å². The number of aromatic nitrogens is 1. The van der Waals surface area contributed by atoms with Gasteiger partial charge in [-0.05, 0) is 44.0 Å². The number of benzene rings is 2. The number of thiazole rings is 1. The first-order chi connectivity index (χ1) is 18.7. The molecule has 1 amide bonds. The molecule has 0 aliphatic rings. The number of ether oxygens (including phenoxy) is 1. The average molecular weight is 594 g/mol. The van der Waals surface area contributed by atoms with Gasteiger partial charge in [0.2, 0.25) is 0 Å². The molecular formula is C29H31Cl2FN2O4S. The van der Waals surface area contributed by atoms with Gasteiger partial charge in [-0.3, -0.25) is 10.1 Å². The van der Waals surface area contributed by atoms with Gasteiger partial charge in [0.1, 0.15) is 5.82 Å². The van der Waals surface area contributed by atoms with Gasteiger partial charge >= 0.3 is 5.97 Å². The van der Waals surface area contributed by atoms with Crippen LogP contribution in [0, 0.1) is 5.82 Å². The van der Waals surface area contributed by atoms with E-state index < -0.39 is 11.9 Å². The molecule has 6 nitrogen and oxygen atoms in total. The minimum Gasteiger partial charge on any atom is -0.478 e. The second kappa shape index (κ2) is 14.6. The predicted molar refractivity (Wildman–Crippen MR) is 156 cm³/mol. The first-order valence-electron chi connectivity index (χ1n) is 12.7. The van der Waals surface area contributed by atoms with Crippen molar-refractivity contribution in [1.82, 2.24) is 4.98 Å². The van der Waals surface area contributed by atoms with Gasteiger partial charge in [-0.1, -0.05) is 68.4 Å². The number of halogens is 3. The van der Waals surface area contributed by atoms with Gasteiger partial charge < -0.3 is 9.84 Å². The second-order valence-electron chi connectivity index (χ2n) is 9.04. The van der Waals surface area contributed by atoms with E-state index in [1.165, 1.54) is 25.1 Å². The van der Waals surface area contributed by atoms with Gasteiger partial charge in [-0.2, -0.15) is 0 Å². The van der Waals surface area contributed by atoms with E-state index in [0.29, 0.717) is 29.0 Å². The van der Waals surface area contributed by atoms with Crippen LogP contribution in [0.3, 0.4) is 0 Å². The Labute approximate surface area is 241 Å². The van der Waals surface area contributed by atoms with Crippen LogP contribution in [0.5, 0.6) is 0 Å². The summed E-state index contributed by atoms with van der Waals surface area (Å²) in [7, 11) is 0. The average Bonchev–Trinajstić information content (AvgIpc) is 3.36. The summed E-state index contributed by atoms with van der Waals surface area (Å²) in [6.45, 7) is 6.17. The Morgan fingerprint density at radius 1 is 1.18 bits per heavy atom. The molecule has 2 aromatic carbocycles. The maximum absolute atomic E-state index is 15.7. The van der Waals surface area contributed by atoms with Crippen LogP contribution < -0.4 is 5.32 Å². The molecule has 10 heteroatoms. The lowest BCUT2D eigenvalue weighted by Gasteiger charge is -2.20. The summed E-state index contributed by atoms with van der Waals surface area (Å²) in [5, 5.41) is 14.0. The number of carbonyl (C=O) groups excluding carboxylic acids is 1. The molecule has 0 saturated heterocycles. The fourth-order valence-electron chi connectivity index (χ4n) is 3.84. The first-order valence-corrected chi connectivity index (χ1v) is 14.4. The highest BCUT2D eigenvalue weighted by atomic mass is 35.5. The van der Waals surface area contributed by atoms with Crippen molar-refractivity contribution in [1.29, 1.82) is 0 Å². The summed E-state index contributed by atoms with van der Waals surface area (Å²) in [5.74, 6) is -1.99. The van der Waals surface area contributed by atoms with E-state index in [1.807, 2.05) is 0 Å². The molecular weight excluding hydrogens is 562 g/mol. The second-order valence-corrected chi connectivity index (χ2v) is 10.7. The Morgan fingerprint density at radius 2 is 1.87 bits per heavy atom. The lowest BCUT2D eigenvalue weighted by atomic mass is 9.99. The van der Waals surface area contributed by atoms with E-state index in [4.69, 9.17) is 33.0 Å². The van der Waals surface area contributed by atoms with Crippen molar-refractivity contribution in [2.45, 2.75) is 59.0 Å². The highest BCUT2D eigenvalue weighted by Crippen LogP contribution is 2.34. The minimum atomic E-state index is -1.11. The van der Waals surface area contributed by atoms with E-state index in [0.717, 1.165) is 43.4 Å². The zero-order valence-corrected chi connectivity index (χ0v) is 24.4. The molecule has 0 fully saturated rings. The standard InChI is InChI=1S/C29H31Cl2FN2O4S/c1-4-6-11-25(38-12-7-5-2)20-10-8-9-19(26(20)32)24-16-39-29(33-24)34-27(35)18-14-22(30)21(23(31)15-18)13-17(3)28(36)37/h8-10,13-16,25H,4-7,11-12H2,1-3H3,(H,36,37)(H,33,34,35). The summed E-state index contributed by atoms with van der Waals surface area (Å²) < 4.78 is 21.7. The number of aliphatic carboxylic acids is 1. The normalized spacial score (nSPS) is 12.4. The van der Waals surface area contributed by atoms with Crippen molar-refractivity contribution < 1.29 is 23.8 Å². The first kappa shape index (κ1) is 30.8. The van der Waals surface area contributed by atoms with Crippen molar-refractivity contribution >= 4 is 57.6 Å². The van der Waals surface area contributed by atoms with Crippen LogP contribution in [0.4, 0.5) is 9.52 Å². The monoisotopic (exact) mass is 592 g/mol. The summed E-state index contributed by atoms with van der Waals surface area (Å²) >= 11 is 13.7. The molecule has 208 valence electrons. The maximum Gasteiger partial charge on any atom is 0.331 e. The van der Waals surface area contributed by atoms with Gasteiger partial charge in [0, 0.05) is 39.8 Å². The van der Waals surface area contributed by atoms with E-state index in [2.05, 4.69) is 24.1 Å². The number of anilines is 1. The van der Waals surface area contributed by atoms with E-state index >= 15 is 4.39 Å². The predicted octanol–water partition coefficient (Wildman–Crippen LogP) is 9.04. The Kier molecular flexibility index (Phi) is 11.5. The Morgan fingerprint density at radius 3 is 2.51 bits per heavy atom. The molecule has 3 rings (SSSR count). The van der Waals surface area contributed by atoms with Gasteiger partial charge in [0.05, 0.1) is 21.8 Å². The van der Waals surface area contributed by atoms with Crippen LogP contribution in [0.25, 0.3) is 17.3 Å². The van der Waals surface area contributed by atoms with Crippen LogP contribution in [-0.2, 0) is 9.53 Å². The highest BCUT2D eigenvalue weighted by Gasteiger charge is 2.21. The number of carboxylic acid groups (broad SMARTS) is 1. The third-order valence-corrected chi connectivity index (χ3v) is 7.44. The number of rotatable bonds is 13. The van der Waals surface area contributed by atoms with Crippen LogP contribution >= 0.6 is 34.5 Å². The van der Waals surface area contributed by atoms with Crippen molar-refractivity contribution in [3.63, 3.8) is 0 Å². The summed E-state index contributed by atoms with van der Waals surface area (Å²) in [6, 6.07) is 8.00. The number of nitrogens with one attached hydrogen (secondary N) is 1. The zero-order chi connectivity index (χ0) is 28.5. The van der Waals surface area contributed by atoms with Gasteiger partial charge in [0.15, 0.2) is 5.13 Å². The lowest BCUT2D eigenvalue weighted by Crippen LogP contribution is -2.12. The topological polar surface area (TPSA) is 88.5 Å². The Bertz CT molecular complexity index is 1340. The van der Waals surface area contributed by atoms with Crippen molar-refractivity contribution in [3.8, 4) is 11.3 Å². The fourth-order valence-corrected chi connectivity index (χ4v) is 5.14. The van der Waals surface area contributed by atoms with Crippen LogP contribution in [-0.4, -0.2) is 28.6 Å².